The Balaban J connectivity index is 1.89. The average molecular weight is 270 g/mol. The van der Waals surface area contributed by atoms with Gasteiger partial charge in [-0.25, -0.2) is 4.98 Å². The smallest absolute Gasteiger partial charge is 0.253 e. The average Bonchev–Trinajstić information content (AvgIpc) is 3.10. The predicted octanol–water partition coefficient (Wildman–Crippen LogP) is 2.15. The third kappa shape index (κ3) is 2.43. The largest absolute Gasteiger partial charge is 0.349 e. The number of hydrogen-bond acceptors (Lipinski definition) is 3. The zero-order chi connectivity index (χ0) is 13.9. The van der Waals surface area contributed by atoms with Crippen molar-refractivity contribution < 1.29 is 4.79 Å². The maximum Gasteiger partial charge on any atom is 0.253 e. The first-order valence-electron chi connectivity index (χ1n) is 6.98. The second kappa shape index (κ2) is 5.45. The molecule has 0 spiro atoms. The molecule has 2 aromatic heterocycles. The Bertz CT molecular complexity index is 614. The molecule has 20 heavy (non-hydrogen) atoms. The highest BCUT2D eigenvalue weighted by Crippen LogP contribution is 2.22. The van der Waals surface area contributed by atoms with Crippen LogP contribution >= 0.6 is 0 Å². The summed E-state index contributed by atoms with van der Waals surface area (Å²) in [6.07, 6.45) is 9.70. The number of carbonyl (C=O) groups is 1. The van der Waals surface area contributed by atoms with Crippen molar-refractivity contribution in [1.82, 2.24) is 19.9 Å². The van der Waals surface area contributed by atoms with Gasteiger partial charge < -0.3 is 9.88 Å². The zero-order valence-electron chi connectivity index (χ0n) is 11.5. The summed E-state index contributed by atoms with van der Waals surface area (Å²) in [5.74, 6) is -0.0406. The van der Waals surface area contributed by atoms with E-state index in [-0.39, 0.29) is 5.91 Å². The van der Waals surface area contributed by atoms with Crippen LogP contribution in [0.25, 0.3) is 11.4 Å². The summed E-state index contributed by atoms with van der Waals surface area (Å²) in [5, 5.41) is 3.11. The van der Waals surface area contributed by atoms with Crippen LogP contribution in [0.4, 0.5) is 0 Å². The highest BCUT2D eigenvalue weighted by molar-refractivity contribution is 5.99. The molecule has 0 bridgehead atoms. The Labute approximate surface area is 118 Å². The molecule has 0 atom stereocenters. The number of amides is 1. The summed E-state index contributed by atoms with van der Waals surface area (Å²) < 4.78 is 1.87. The monoisotopic (exact) mass is 270 g/mol. The molecule has 0 aromatic carbocycles. The molecule has 1 saturated carbocycles. The van der Waals surface area contributed by atoms with E-state index in [4.69, 9.17) is 0 Å². The van der Waals surface area contributed by atoms with Gasteiger partial charge in [0, 0.05) is 19.3 Å². The standard InChI is InChI=1S/C15H18N4O/c1-19-10-16-9-13(19)14-12(7-4-8-17-14)15(20)18-11-5-2-3-6-11/h4,7-11H,2-3,5-6H2,1H3,(H,18,20). The van der Waals surface area contributed by atoms with E-state index in [1.165, 1.54) is 12.8 Å². The summed E-state index contributed by atoms with van der Waals surface area (Å²) in [6, 6.07) is 3.92. The quantitative estimate of drug-likeness (QED) is 0.929. The van der Waals surface area contributed by atoms with E-state index in [0.717, 1.165) is 18.5 Å². The van der Waals surface area contributed by atoms with E-state index in [2.05, 4.69) is 15.3 Å². The van der Waals surface area contributed by atoms with Gasteiger partial charge in [0.05, 0.1) is 23.8 Å². The highest BCUT2D eigenvalue weighted by atomic mass is 16.1. The van der Waals surface area contributed by atoms with E-state index in [0.29, 0.717) is 17.3 Å². The zero-order valence-corrected chi connectivity index (χ0v) is 11.5. The van der Waals surface area contributed by atoms with E-state index in [9.17, 15) is 4.79 Å². The van der Waals surface area contributed by atoms with Crippen molar-refractivity contribution in [2.45, 2.75) is 31.7 Å². The Morgan fingerprint density at radius 3 is 2.90 bits per heavy atom. The Kier molecular flexibility index (Phi) is 3.50. The first-order chi connectivity index (χ1) is 9.75. The van der Waals surface area contributed by atoms with Gasteiger partial charge in [-0.15, -0.1) is 0 Å². The van der Waals surface area contributed by atoms with Gasteiger partial charge in [-0.2, -0.15) is 0 Å². The second-order valence-electron chi connectivity index (χ2n) is 5.24. The number of nitrogens with zero attached hydrogens (tertiary/aromatic N) is 3. The molecular formula is C15H18N4O. The lowest BCUT2D eigenvalue weighted by atomic mass is 10.1. The Hall–Kier alpha value is -2.17. The molecule has 1 fully saturated rings. The van der Waals surface area contributed by atoms with Crippen molar-refractivity contribution >= 4 is 5.91 Å². The lowest BCUT2D eigenvalue weighted by Crippen LogP contribution is -2.33. The normalized spacial score (nSPS) is 15.4. The second-order valence-corrected chi connectivity index (χ2v) is 5.24. The van der Waals surface area contributed by atoms with Crippen molar-refractivity contribution in [2.75, 3.05) is 0 Å². The predicted molar refractivity (Wildman–Crippen MR) is 76.2 cm³/mol. The molecule has 0 unspecified atom stereocenters. The van der Waals surface area contributed by atoms with Gasteiger partial charge >= 0.3 is 0 Å². The van der Waals surface area contributed by atoms with E-state index in [1.54, 1.807) is 24.8 Å². The molecule has 5 heteroatoms. The van der Waals surface area contributed by atoms with E-state index < -0.39 is 0 Å². The van der Waals surface area contributed by atoms with Crippen LogP contribution in [0.2, 0.25) is 0 Å². The molecule has 0 saturated heterocycles. The van der Waals surface area contributed by atoms with Crippen LogP contribution in [0.15, 0.2) is 30.9 Å². The van der Waals surface area contributed by atoms with Gasteiger partial charge in [-0.3, -0.25) is 9.78 Å². The molecule has 1 amide bonds. The van der Waals surface area contributed by atoms with E-state index >= 15 is 0 Å². The van der Waals surface area contributed by atoms with Gasteiger partial charge in [-0.05, 0) is 25.0 Å². The van der Waals surface area contributed by atoms with Gasteiger partial charge in [0.15, 0.2) is 0 Å². The van der Waals surface area contributed by atoms with Crippen LogP contribution in [0.1, 0.15) is 36.0 Å². The maximum atomic E-state index is 12.4. The summed E-state index contributed by atoms with van der Waals surface area (Å²) in [6.45, 7) is 0. The van der Waals surface area contributed by atoms with Crippen LogP contribution in [0, 0.1) is 0 Å². The summed E-state index contributed by atoms with van der Waals surface area (Å²) in [5.41, 5.74) is 2.15. The van der Waals surface area contributed by atoms with Gasteiger partial charge in [0.1, 0.15) is 5.69 Å². The fourth-order valence-electron chi connectivity index (χ4n) is 2.71. The first-order valence-corrected chi connectivity index (χ1v) is 6.98. The molecule has 2 aromatic rings. The Morgan fingerprint density at radius 1 is 1.40 bits per heavy atom. The van der Waals surface area contributed by atoms with Gasteiger partial charge in [0.25, 0.3) is 5.91 Å². The summed E-state index contributed by atoms with van der Waals surface area (Å²) >= 11 is 0. The molecule has 0 aliphatic heterocycles. The fourth-order valence-corrected chi connectivity index (χ4v) is 2.71. The maximum absolute atomic E-state index is 12.4. The van der Waals surface area contributed by atoms with Gasteiger partial charge in [-0.1, -0.05) is 12.8 Å². The molecule has 2 heterocycles. The number of aryl methyl sites for hydroxylation is 1. The number of rotatable bonds is 3. The van der Waals surface area contributed by atoms with Crippen molar-refractivity contribution in [3.63, 3.8) is 0 Å². The molecule has 0 radical (unpaired) electrons. The van der Waals surface area contributed by atoms with Crippen molar-refractivity contribution in [2.24, 2.45) is 7.05 Å². The van der Waals surface area contributed by atoms with Crippen LogP contribution < -0.4 is 5.32 Å². The fraction of sp³-hybridized carbons (Fsp3) is 0.400. The molecule has 104 valence electrons. The minimum Gasteiger partial charge on any atom is -0.349 e. The number of nitrogens with one attached hydrogen (secondary N) is 1. The molecule has 5 nitrogen and oxygen atoms in total. The summed E-state index contributed by atoms with van der Waals surface area (Å²) in [4.78, 5) is 20.9. The number of hydrogen-bond donors (Lipinski definition) is 1. The molecule has 1 aliphatic rings. The number of pyridine rings is 1. The van der Waals surface area contributed by atoms with E-state index in [1.807, 2.05) is 17.7 Å². The highest BCUT2D eigenvalue weighted by Gasteiger charge is 2.21. The molecular weight excluding hydrogens is 252 g/mol. The SMILES string of the molecule is Cn1cncc1-c1ncccc1C(=O)NC1CCCC1. The van der Waals surface area contributed by atoms with Crippen LogP contribution in [-0.4, -0.2) is 26.5 Å². The minimum atomic E-state index is -0.0406. The van der Waals surface area contributed by atoms with Crippen LogP contribution in [0.5, 0.6) is 0 Å². The van der Waals surface area contributed by atoms with Crippen LogP contribution in [-0.2, 0) is 7.05 Å². The third-order valence-electron chi connectivity index (χ3n) is 3.80. The van der Waals surface area contributed by atoms with Crippen molar-refractivity contribution in [3.8, 4) is 11.4 Å². The molecule has 1 N–H and O–H groups in total. The first kappa shape index (κ1) is 12.8. The Morgan fingerprint density at radius 2 is 2.20 bits per heavy atom. The number of carbonyl (C=O) groups excluding carboxylic acids is 1. The van der Waals surface area contributed by atoms with Gasteiger partial charge in [0.2, 0.25) is 0 Å². The number of imidazole rings is 1. The van der Waals surface area contributed by atoms with Crippen molar-refractivity contribution in [3.05, 3.63) is 36.4 Å². The number of aromatic nitrogens is 3. The van der Waals surface area contributed by atoms with Crippen LogP contribution in [0.3, 0.4) is 0 Å². The minimum absolute atomic E-state index is 0.0406. The lowest BCUT2D eigenvalue weighted by molar-refractivity contribution is 0.0938. The molecule has 3 rings (SSSR count). The topological polar surface area (TPSA) is 59.8 Å². The lowest BCUT2D eigenvalue weighted by Gasteiger charge is -2.14. The summed E-state index contributed by atoms with van der Waals surface area (Å²) in [7, 11) is 1.90. The third-order valence-corrected chi connectivity index (χ3v) is 3.80. The molecule has 1 aliphatic carbocycles. The van der Waals surface area contributed by atoms with Crippen molar-refractivity contribution in [1.29, 1.82) is 0 Å².